The van der Waals surface area contributed by atoms with Crippen LogP contribution in [0.2, 0.25) is 0 Å². The Kier molecular flexibility index (Phi) is 24.0. The summed E-state index contributed by atoms with van der Waals surface area (Å²) in [5.41, 5.74) is 0.300. The summed E-state index contributed by atoms with van der Waals surface area (Å²) in [6, 6.07) is 26.6. The van der Waals surface area contributed by atoms with E-state index in [9.17, 15) is 35.1 Å². The molecule has 0 bridgehead atoms. The third kappa shape index (κ3) is 16.2. The third-order valence-electron chi connectivity index (χ3n) is 17.2. The number of aliphatic hydroxyl groups is 5. The number of amides is 1. The molecule has 5 rings (SSSR count). The predicted octanol–water partition coefficient (Wildman–Crippen LogP) is 8.82. The van der Waals surface area contributed by atoms with Crippen LogP contribution in [0.1, 0.15) is 162 Å². The first-order valence-corrected chi connectivity index (χ1v) is 31.2. The Labute approximate surface area is 458 Å². The van der Waals surface area contributed by atoms with E-state index in [0.717, 1.165) is 25.7 Å². The second kappa shape index (κ2) is 28.7. The van der Waals surface area contributed by atoms with Crippen molar-refractivity contribution in [1.29, 1.82) is 0 Å². The number of ether oxygens (including phenoxy) is 3. The summed E-state index contributed by atoms with van der Waals surface area (Å²) in [5.74, 6) is -3.32. The molecule has 0 spiro atoms. The first-order valence-electron chi connectivity index (χ1n) is 29.0. The largest absolute Gasteiger partial charge is 0.388 e. The smallest absolute Gasteiger partial charge is 0.126 e. The van der Waals surface area contributed by atoms with Crippen LogP contribution in [0.4, 0.5) is 0 Å². The van der Waals surface area contributed by atoms with Gasteiger partial charge in [0.05, 0.1) is 35.9 Å². The Hall–Kier alpha value is -3.29. The number of cyclic esters (lactones) is 1. The average molecular weight is 1080 g/mol. The SMILES string of the molecule is CC[C@H]1OC(=O)[C@H](C)[C@@H](O)[C@H](C)[C@@H](O[C@@H]2O[C@H](C)C[C@H](N(C)C)[C@H]2O)[C@](C)(O)C[C@@H](C)CN(C(=O)CCCCCCCCCCCC[PH](c2cccc(C)c2)(c2cccc(C)c2)c2cccc(C)c2)[C@H](C)[C@@H](O)[C@]1(C)O. The molecular weight excluding hydrogens is 976 g/mol. The molecule has 2 saturated heterocycles. The number of carbonyl (C=O) groups is 2. The maximum absolute atomic E-state index is 14.4. The number of esters is 1. The van der Waals surface area contributed by atoms with Crippen LogP contribution in [-0.2, 0) is 23.8 Å². The number of hydrogen-bond donors (Lipinski definition) is 5. The van der Waals surface area contributed by atoms with E-state index in [1.54, 1.807) is 32.6 Å². The molecule has 1 amide bonds. The molecule has 0 aliphatic carbocycles. The van der Waals surface area contributed by atoms with Crippen LogP contribution in [0.5, 0.6) is 0 Å². The van der Waals surface area contributed by atoms with Crippen molar-refractivity contribution in [3.63, 3.8) is 0 Å². The molecule has 5 N–H and O–H groups in total. The summed E-state index contributed by atoms with van der Waals surface area (Å²) < 4.78 is 18.6. The number of hydrogen-bond acceptors (Lipinski definition) is 11. The van der Waals surface area contributed by atoms with E-state index in [1.807, 2.05) is 32.8 Å². The van der Waals surface area contributed by atoms with E-state index >= 15 is 0 Å². The molecule has 0 aromatic heterocycles. The monoisotopic (exact) mass is 1080 g/mol. The van der Waals surface area contributed by atoms with E-state index in [-0.39, 0.29) is 49.8 Å². The third-order valence-corrected chi connectivity index (χ3v) is 22.2. The summed E-state index contributed by atoms with van der Waals surface area (Å²) >= 11 is 0. The molecule has 2 fully saturated rings. The number of likely N-dealkylation sites (N-methyl/N-ethyl adjacent to an activating group) is 1. The van der Waals surface area contributed by atoms with Crippen LogP contribution >= 0.6 is 7.26 Å². The molecule has 2 aliphatic rings. The van der Waals surface area contributed by atoms with Crippen LogP contribution in [0.25, 0.3) is 0 Å². The summed E-state index contributed by atoms with van der Waals surface area (Å²) in [6.45, 7) is 20.3. The van der Waals surface area contributed by atoms with Gasteiger partial charge in [0, 0.05) is 18.5 Å². The van der Waals surface area contributed by atoms with E-state index in [0.29, 0.717) is 12.8 Å². The molecule has 12 nitrogen and oxygen atoms in total. The van der Waals surface area contributed by atoms with Gasteiger partial charge in [-0.15, -0.1) is 0 Å². The number of benzene rings is 3. The van der Waals surface area contributed by atoms with Gasteiger partial charge in [0.25, 0.3) is 0 Å². The van der Waals surface area contributed by atoms with E-state index < -0.39 is 79.1 Å². The Bertz CT molecular complexity index is 2160. The Morgan fingerprint density at radius 2 is 1.24 bits per heavy atom. The Morgan fingerprint density at radius 1 is 0.750 bits per heavy atom. The van der Waals surface area contributed by atoms with Crippen molar-refractivity contribution >= 4 is 35.1 Å². The number of unbranched alkanes of at least 4 members (excludes halogenated alkanes) is 9. The van der Waals surface area contributed by atoms with Gasteiger partial charge in [0.1, 0.15) is 23.9 Å². The molecule has 0 saturated carbocycles. The molecule has 76 heavy (non-hydrogen) atoms. The zero-order valence-electron chi connectivity index (χ0n) is 48.8. The first-order chi connectivity index (χ1) is 35.8. The fraction of sp³-hybridized carbons (Fsp3) is 0.683. The van der Waals surface area contributed by atoms with E-state index in [1.165, 1.54) is 84.7 Å². The maximum Gasteiger partial charge on any atom is 0.126 e. The molecule has 14 atom stereocenters. The molecule has 13 heteroatoms. The van der Waals surface area contributed by atoms with Crippen molar-refractivity contribution in [1.82, 2.24) is 9.80 Å². The van der Waals surface area contributed by atoms with Gasteiger partial charge in [-0.05, 0) is 73.9 Å². The predicted molar refractivity (Wildman–Crippen MR) is 310 cm³/mol. The van der Waals surface area contributed by atoms with Crippen molar-refractivity contribution in [3.8, 4) is 0 Å². The van der Waals surface area contributed by atoms with E-state index in [2.05, 4.69) is 93.6 Å². The van der Waals surface area contributed by atoms with Crippen molar-refractivity contribution in [2.75, 3.05) is 26.8 Å². The quantitative estimate of drug-likeness (QED) is 0.0417. The normalized spacial score (nSPS) is 31.6. The topological polar surface area (TPSA) is 169 Å². The molecule has 3 aromatic rings. The molecule has 0 unspecified atom stereocenters. The second-order valence-corrected chi connectivity index (χ2v) is 28.3. The van der Waals surface area contributed by atoms with Gasteiger partial charge in [0.15, 0.2) is 6.29 Å². The summed E-state index contributed by atoms with van der Waals surface area (Å²) in [6.07, 6.45) is 5.36. The van der Waals surface area contributed by atoms with Gasteiger partial charge in [-0.25, -0.2) is 0 Å². The van der Waals surface area contributed by atoms with Gasteiger partial charge >= 0.3 is 216 Å². The van der Waals surface area contributed by atoms with Crippen molar-refractivity contribution < 1.29 is 49.3 Å². The Morgan fingerprint density at radius 3 is 1.71 bits per heavy atom. The zero-order valence-corrected chi connectivity index (χ0v) is 49.8. The fourth-order valence-electron chi connectivity index (χ4n) is 12.7. The number of aliphatic hydroxyl groups excluding tert-OH is 3. The van der Waals surface area contributed by atoms with Gasteiger partial charge in [-0.2, -0.15) is 0 Å². The fourth-order valence-corrected chi connectivity index (χ4v) is 17.9. The Balaban J connectivity index is 1.20. The second-order valence-electron chi connectivity index (χ2n) is 24.3. The van der Waals surface area contributed by atoms with Gasteiger partial charge < -0.3 is 49.5 Å². The van der Waals surface area contributed by atoms with Gasteiger partial charge in [-0.3, -0.25) is 9.59 Å². The molecular formula is C63H101N2O10P. The molecule has 2 aliphatic heterocycles. The van der Waals surface area contributed by atoms with Gasteiger partial charge in [0.2, 0.25) is 5.91 Å². The summed E-state index contributed by atoms with van der Waals surface area (Å²) in [4.78, 5) is 31.7. The minimum atomic E-state index is -2.30. The standard InChI is InChI=1S/C63H101N2O10P/c1-14-54-63(11,72)58(69)49(9)65(41-45(5)40-62(10,71)59(47(7)56(67)48(8)60(70)74-54)75-61-57(68)53(64(12)13)39-46(6)73-61)55(66)34-23-21-19-17-15-16-18-20-22-24-35-76(50-31-25-28-42(2)36-50,51-32-26-29-43(3)37-51)52-33-27-30-44(4)38-52/h25-33,36-38,45-49,53-54,56-59,61,67-69,71-72,76H,14-24,34-35,39-41H2,1-13H3/t45-,46-,47+,48-,49-,53+,54-,56+,57-,58-,59-,61+,62-,63-/m1/s1. The number of nitrogens with zero attached hydrogens (tertiary/aromatic N) is 2. The van der Waals surface area contributed by atoms with Crippen LogP contribution < -0.4 is 15.9 Å². The van der Waals surface area contributed by atoms with Crippen molar-refractivity contribution in [3.05, 3.63) is 89.5 Å². The van der Waals surface area contributed by atoms with Crippen LogP contribution in [0, 0.1) is 38.5 Å². The van der Waals surface area contributed by atoms with Crippen LogP contribution in [-0.4, -0.2) is 140 Å². The summed E-state index contributed by atoms with van der Waals surface area (Å²) in [7, 11) is 1.44. The minimum Gasteiger partial charge on any atom is -0.388 e. The number of aryl methyl sites for hydroxylation is 3. The molecule has 3 aromatic carbocycles. The maximum atomic E-state index is 14.4. The zero-order chi connectivity index (χ0) is 56.1. The number of rotatable bonds is 20. The van der Waals surface area contributed by atoms with Crippen molar-refractivity contribution in [2.45, 2.75) is 232 Å². The molecule has 428 valence electrons. The van der Waals surface area contributed by atoms with Gasteiger partial charge in [-0.1, -0.05) is 20.8 Å². The average Bonchev–Trinajstić information content (AvgIpc) is 3.37. The van der Waals surface area contributed by atoms with E-state index in [4.69, 9.17) is 14.2 Å². The number of carbonyl (C=O) groups excluding carboxylic acids is 2. The minimum absolute atomic E-state index is 0.0976. The molecule has 0 radical (unpaired) electrons. The van der Waals surface area contributed by atoms with Crippen LogP contribution in [0.3, 0.4) is 0 Å². The van der Waals surface area contributed by atoms with Crippen molar-refractivity contribution in [2.24, 2.45) is 17.8 Å². The first kappa shape index (κ1) is 63.5. The molecule has 2 heterocycles. The van der Waals surface area contributed by atoms with Crippen LogP contribution in [0.15, 0.2) is 72.8 Å². The summed E-state index contributed by atoms with van der Waals surface area (Å²) in [5, 5.41) is 64.1.